The molecule has 1 amide bonds. The summed E-state index contributed by atoms with van der Waals surface area (Å²) in [5.74, 6) is -1.35. The number of nitrogens with zero attached hydrogens (tertiary/aromatic N) is 1. The van der Waals surface area contributed by atoms with Gasteiger partial charge in [0.05, 0.1) is 23.2 Å². The fourth-order valence-corrected chi connectivity index (χ4v) is 4.26. The number of phenols is 1. The molecule has 1 aliphatic rings. The minimum Gasteiger partial charge on any atom is -0.507 e. The van der Waals surface area contributed by atoms with Crippen LogP contribution in [0.3, 0.4) is 0 Å². The van der Waals surface area contributed by atoms with Crippen LogP contribution in [0.2, 0.25) is 10.0 Å². The first-order valence-corrected chi connectivity index (χ1v) is 11.7. The molecule has 3 aromatic carbocycles. The lowest BCUT2D eigenvalue weighted by Gasteiger charge is -2.26. The maximum absolute atomic E-state index is 13.3. The molecule has 0 radical (unpaired) electrons. The third-order valence-electron chi connectivity index (χ3n) is 5.51. The number of halogens is 2. The third-order valence-corrected chi connectivity index (χ3v) is 6.05. The van der Waals surface area contributed by atoms with Gasteiger partial charge in [-0.25, -0.2) is 0 Å². The number of hydrogen-bond acceptors (Lipinski definition) is 5. The maximum Gasteiger partial charge on any atom is 0.300 e. The molecule has 6 nitrogen and oxygen atoms in total. The van der Waals surface area contributed by atoms with Gasteiger partial charge in [0.1, 0.15) is 17.3 Å². The summed E-state index contributed by atoms with van der Waals surface area (Å²) in [6.07, 6.45) is 0. The largest absolute Gasteiger partial charge is 0.507 e. The summed E-state index contributed by atoms with van der Waals surface area (Å²) in [5.41, 5.74) is 1.02. The maximum atomic E-state index is 13.3. The van der Waals surface area contributed by atoms with Crippen LogP contribution in [0.1, 0.15) is 31.0 Å². The van der Waals surface area contributed by atoms with Gasteiger partial charge < -0.3 is 14.9 Å². The minimum atomic E-state index is -1.01. The number of phenolic OH excluding ortho intramolecular Hbond substituents is 1. The zero-order valence-corrected chi connectivity index (χ0v) is 20.5. The Kier molecular flexibility index (Phi) is 7.05. The van der Waals surface area contributed by atoms with Crippen molar-refractivity contribution in [1.82, 2.24) is 0 Å². The van der Waals surface area contributed by atoms with Crippen molar-refractivity contribution in [3.8, 4) is 11.5 Å². The second-order valence-electron chi connectivity index (χ2n) is 8.59. The number of hydrogen-bond donors (Lipinski definition) is 2. The Morgan fingerprint density at radius 1 is 1.03 bits per heavy atom. The Hall–Kier alpha value is -3.48. The van der Waals surface area contributed by atoms with E-state index in [4.69, 9.17) is 27.9 Å². The number of aliphatic hydroxyl groups is 1. The smallest absolute Gasteiger partial charge is 0.300 e. The molecule has 1 unspecified atom stereocenters. The molecule has 1 fully saturated rings. The van der Waals surface area contributed by atoms with Crippen LogP contribution < -0.4 is 9.64 Å². The van der Waals surface area contributed by atoms with Gasteiger partial charge in [0, 0.05) is 16.3 Å². The SMILES string of the molecule is CC(C)COc1cccc(/C(O)=C2/C(=O)C(=O)N(c3cccc(Cl)c3)C2c2ccc(O)c(Cl)c2)c1. The second-order valence-corrected chi connectivity index (χ2v) is 9.44. The highest BCUT2D eigenvalue weighted by atomic mass is 35.5. The van der Waals surface area contributed by atoms with E-state index in [9.17, 15) is 19.8 Å². The van der Waals surface area contributed by atoms with Gasteiger partial charge in [0.2, 0.25) is 0 Å². The number of carbonyl (C=O) groups excluding carboxylic acids is 2. The second kappa shape index (κ2) is 10.0. The van der Waals surface area contributed by atoms with Crippen molar-refractivity contribution in [1.29, 1.82) is 0 Å². The number of rotatable bonds is 6. The lowest BCUT2D eigenvalue weighted by Crippen LogP contribution is -2.29. The predicted octanol–water partition coefficient (Wildman–Crippen LogP) is 6.36. The van der Waals surface area contributed by atoms with Crippen molar-refractivity contribution in [2.24, 2.45) is 5.92 Å². The summed E-state index contributed by atoms with van der Waals surface area (Å²) in [5, 5.41) is 21.6. The van der Waals surface area contributed by atoms with E-state index < -0.39 is 17.7 Å². The van der Waals surface area contributed by atoms with E-state index in [2.05, 4.69) is 0 Å². The molecule has 1 atom stereocenters. The van der Waals surface area contributed by atoms with Gasteiger partial charge in [-0.05, 0) is 53.9 Å². The number of ether oxygens (including phenoxy) is 1. The zero-order chi connectivity index (χ0) is 25.3. The van der Waals surface area contributed by atoms with Crippen LogP contribution in [0, 0.1) is 5.92 Å². The molecular weight excluding hydrogens is 489 g/mol. The highest BCUT2D eigenvalue weighted by Gasteiger charge is 2.47. The van der Waals surface area contributed by atoms with Crippen LogP contribution in [0.5, 0.6) is 11.5 Å². The van der Waals surface area contributed by atoms with Gasteiger partial charge in [-0.1, -0.05) is 61.3 Å². The molecule has 180 valence electrons. The molecule has 0 spiro atoms. The summed E-state index contributed by atoms with van der Waals surface area (Å²) < 4.78 is 5.76. The average Bonchev–Trinajstić information content (AvgIpc) is 3.09. The number of aromatic hydroxyl groups is 1. The molecule has 8 heteroatoms. The Morgan fingerprint density at radius 3 is 2.46 bits per heavy atom. The van der Waals surface area contributed by atoms with Crippen molar-refractivity contribution in [3.05, 3.63) is 93.5 Å². The van der Waals surface area contributed by atoms with Crippen molar-refractivity contribution in [3.63, 3.8) is 0 Å². The fraction of sp³-hybridized carbons (Fsp3) is 0.185. The lowest BCUT2D eigenvalue weighted by atomic mass is 9.95. The van der Waals surface area contributed by atoms with E-state index in [1.807, 2.05) is 13.8 Å². The summed E-state index contributed by atoms with van der Waals surface area (Å²) in [6, 6.07) is 16.6. The summed E-state index contributed by atoms with van der Waals surface area (Å²) in [4.78, 5) is 27.8. The molecule has 0 bridgehead atoms. The van der Waals surface area contributed by atoms with Crippen LogP contribution >= 0.6 is 23.2 Å². The first-order valence-electron chi connectivity index (χ1n) is 11.0. The first kappa shape index (κ1) is 24.6. The summed E-state index contributed by atoms with van der Waals surface area (Å²) >= 11 is 12.3. The average molecular weight is 512 g/mol. The Labute approximate surface area is 213 Å². The quantitative estimate of drug-likeness (QED) is 0.228. The molecule has 1 heterocycles. The van der Waals surface area contributed by atoms with E-state index in [-0.39, 0.29) is 22.1 Å². The number of benzene rings is 3. The predicted molar refractivity (Wildman–Crippen MR) is 136 cm³/mol. The number of carbonyl (C=O) groups is 2. The van der Waals surface area contributed by atoms with Crippen LogP contribution in [-0.4, -0.2) is 28.5 Å². The molecule has 2 N–H and O–H groups in total. The third kappa shape index (κ3) is 4.99. The normalized spacial score (nSPS) is 17.3. The standard InChI is InChI=1S/C27H23Cl2NO5/c1-15(2)14-35-20-8-3-5-17(11-20)25(32)23-24(16-9-10-22(31)21(29)12-16)30(27(34)26(23)33)19-7-4-6-18(28)13-19/h3-13,15,24,31-32H,14H2,1-2H3/b25-23-. The van der Waals surface area contributed by atoms with Crippen LogP contribution in [-0.2, 0) is 9.59 Å². The van der Waals surface area contributed by atoms with Crippen LogP contribution in [0.15, 0.2) is 72.3 Å². The van der Waals surface area contributed by atoms with Crippen LogP contribution in [0.4, 0.5) is 5.69 Å². The van der Waals surface area contributed by atoms with Crippen molar-refractivity contribution in [2.45, 2.75) is 19.9 Å². The molecule has 1 saturated heterocycles. The number of anilines is 1. The summed E-state index contributed by atoms with van der Waals surface area (Å²) in [6.45, 7) is 4.52. The monoisotopic (exact) mass is 511 g/mol. The zero-order valence-electron chi connectivity index (χ0n) is 19.0. The number of amides is 1. The van der Waals surface area contributed by atoms with Gasteiger partial charge in [0.15, 0.2) is 0 Å². The van der Waals surface area contributed by atoms with Crippen LogP contribution in [0.25, 0.3) is 5.76 Å². The molecule has 1 aliphatic heterocycles. The topological polar surface area (TPSA) is 87.1 Å². The van der Waals surface area contributed by atoms with Gasteiger partial charge in [-0.3, -0.25) is 14.5 Å². The van der Waals surface area contributed by atoms with Crippen molar-refractivity contribution < 1.29 is 24.5 Å². The molecule has 35 heavy (non-hydrogen) atoms. The lowest BCUT2D eigenvalue weighted by molar-refractivity contribution is -0.132. The van der Waals surface area contributed by atoms with E-state index in [0.717, 1.165) is 0 Å². The molecule has 4 rings (SSSR count). The van der Waals surface area contributed by atoms with E-state index in [1.165, 1.54) is 17.0 Å². The Balaban J connectivity index is 1.89. The Bertz CT molecular complexity index is 1330. The molecule has 0 aliphatic carbocycles. The van der Waals surface area contributed by atoms with Gasteiger partial charge in [0.25, 0.3) is 11.7 Å². The minimum absolute atomic E-state index is 0.0447. The van der Waals surface area contributed by atoms with Crippen molar-refractivity contribution in [2.75, 3.05) is 11.5 Å². The first-order chi connectivity index (χ1) is 16.7. The number of aliphatic hydroxyl groups excluding tert-OH is 1. The highest BCUT2D eigenvalue weighted by molar-refractivity contribution is 6.52. The molecule has 0 aromatic heterocycles. The van der Waals surface area contributed by atoms with E-state index in [1.54, 1.807) is 54.6 Å². The van der Waals surface area contributed by atoms with Gasteiger partial charge >= 0.3 is 0 Å². The molecular formula is C27H23Cl2NO5. The van der Waals surface area contributed by atoms with Crippen molar-refractivity contribution >= 4 is 46.3 Å². The molecule has 3 aromatic rings. The number of Topliss-reactive ketones (excluding diaryl/α,β-unsaturated/α-hetero) is 1. The number of ketones is 1. The van der Waals surface area contributed by atoms with Gasteiger partial charge in [-0.2, -0.15) is 0 Å². The van der Waals surface area contributed by atoms with E-state index in [0.29, 0.717) is 40.1 Å². The van der Waals surface area contributed by atoms with Gasteiger partial charge in [-0.15, -0.1) is 0 Å². The highest BCUT2D eigenvalue weighted by Crippen LogP contribution is 2.44. The Morgan fingerprint density at radius 2 is 1.77 bits per heavy atom. The van der Waals surface area contributed by atoms with E-state index >= 15 is 0 Å². The summed E-state index contributed by atoms with van der Waals surface area (Å²) in [7, 11) is 0. The fourth-order valence-electron chi connectivity index (χ4n) is 3.89. The molecule has 0 saturated carbocycles.